The first-order valence-electron chi connectivity index (χ1n) is 7.62. The molecule has 0 aliphatic carbocycles. The second-order valence-corrected chi connectivity index (χ2v) is 7.52. The molecule has 0 aromatic heterocycles. The van der Waals surface area contributed by atoms with Crippen LogP contribution in [0.5, 0.6) is 0 Å². The van der Waals surface area contributed by atoms with Crippen LogP contribution < -0.4 is 10.0 Å². The van der Waals surface area contributed by atoms with Crippen LogP contribution in [-0.4, -0.2) is 50.5 Å². The van der Waals surface area contributed by atoms with Crippen LogP contribution in [-0.2, 0) is 14.8 Å². The van der Waals surface area contributed by atoms with Gasteiger partial charge in [-0.25, -0.2) is 13.1 Å². The molecule has 8 heteroatoms. The van der Waals surface area contributed by atoms with Crippen molar-refractivity contribution in [2.45, 2.75) is 18.9 Å². The third kappa shape index (κ3) is 4.42. The summed E-state index contributed by atoms with van der Waals surface area (Å²) >= 11 is 0. The molecule has 7 nitrogen and oxygen atoms in total. The van der Waals surface area contributed by atoms with Crippen molar-refractivity contribution >= 4 is 27.5 Å². The monoisotopic (exact) mass is 351 g/mol. The number of sulfonamides is 1. The molecule has 0 bridgehead atoms. The molecule has 0 saturated carbocycles. The molecule has 2 rings (SSSR count). The Balaban J connectivity index is 2.09. The van der Waals surface area contributed by atoms with E-state index in [0.717, 1.165) is 12.5 Å². The molecule has 1 atom stereocenters. The average Bonchev–Trinajstić information content (AvgIpc) is 3.02. The Kier molecular flexibility index (Phi) is 5.74. The zero-order valence-corrected chi connectivity index (χ0v) is 14.3. The molecule has 1 unspecified atom stereocenters. The van der Waals surface area contributed by atoms with E-state index in [1.807, 2.05) is 0 Å². The minimum Gasteiger partial charge on any atom is -0.335 e. The van der Waals surface area contributed by atoms with Gasteiger partial charge in [0.05, 0.1) is 5.75 Å². The Bertz CT molecular complexity index is 728. The number of hydrogen-bond acceptors (Lipinski definition) is 4. The van der Waals surface area contributed by atoms with Crippen molar-refractivity contribution in [1.29, 1.82) is 0 Å². The lowest BCUT2D eigenvalue weighted by atomic mass is 10.1. The van der Waals surface area contributed by atoms with Gasteiger partial charge >= 0.3 is 0 Å². The van der Waals surface area contributed by atoms with Crippen molar-refractivity contribution in [2.24, 2.45) is 0 Å². The van der Waals surface area contributed by atoms with Gasteiger partial charge in [0.1, 0.15) is 0 Å². The van der Waals surface area contributed by atoms with E-state index in [1.54, 1.807) is 29.2 Å². The Hall–Kier alpha value is -2.19. The Morgan fingerprint density at radius 2 is 2.00 bits per heavy atom. The van der Waals surface area contributed by atoms with Crippen LogP contribution in [0.2, 0.25) is 0 Å². The number of rotatable bonds is 6. The van der Waals surface area contributed by atoms with E-state index in [0.29, 0.717) is 24.2 Å². The van der Waals surface area contributed by atoms with Crippen molar-refractivity contribution in [3.63, 3.8) is 0 Å². The van der Waals surface area contributed by atoms with Gasteiger partial charge in [-0.1, -0.05) is 6.58 Å². The summed E-state index contributed by atoms with van der Waals surface area (Å²) in [6.07, 6.45) is 2.61. The molecule has 1 fully saturated rings. The van der Waals surface area contributed by atoms with Gasteiger partial charge in [-0.3, -0.25) is 9.59 Å². The van der Waals surface area contributed by atoms with Crippen LogP contribution in [0.4, 0.5) is 5.69 Å². The van der Waals surface area contributed by atoms with Gasteiger partial charge in [-0.05, 0) is 50.2 Å². The van der Waals surface area contributed by atoms with Crippen LogP contribution in [0.1, 0.15) is 23.2 Å². The zero-order chi connectivity index (χ0) is 17.7. The highest BCUT2D eigenvalue weighted by molar-refractivity contribution is 7.89. The van der Waals surface area contributed by atoms with Crippen molar-refractivity contribution < 1.29 is 18.0 Å². The number of nitrogens with one attached hydrogen (secondary N) is 2. The molecule has 0 spiro atoms. The molecule has 2 amide bonds. The molecule has 1 aromatic rings. The highest BCUT2D eigenvalue weighted by atomic mass is 32.2. The van der Waals surface area contributed by atoms with E-state index in [4.69, 9.17) is 0 Å². The lowest BCUT2D eigenvalue weighted by Crippen LogP contribution is -2.41. The summed E-state index contributed by atoms with van der Waals surface area (Å²) in [6, 6.07) is 6.16. The first-order chi connectivity index (χ1) is 11.4. The number of anilines is 1. The molecule has 0 radical (unpaired) electrons. The fourth-order valence-corrected chi connectivity index (χ4v) is 3.69. The summed E-state index contributed by atoms with van der Waals surface area (Å²) in [5.41, 5.74) is 1.02. The number of hydrogen-bond donors (Lipinski definition) is 2. The van der Waals surface area contributed by atoms with E-state index < -0.39 is 10.0 Å². The number of nitrogens with zero attached hydrogens (tertiary/aromatic N) is 1. The quantitative estimate of drug-likeness (QED) is 0.747. The van der Waals surface area contributed by atoms with Gasteiger partial charge in [0.2, 0.25) is 15.9 Å². The maximum Gasteiger partial charge on any atom is 0.254 e. The topological polar surface area (TPSA) is 95.6 Å². The highest BCUT2D eigenvalue weighted by Crippen LogP contribution is 2.22. The maximum absolute atomic E-state index is 12.6. The summed E-state index contributed by atoms with van der Waals surface area (Å²) in [4.78, 5) is 25.5. The lowest BCUT2D eigenvalue weighted by molar-refractivity contribution is -0.111. The second kappa shape index (κ2) is 7.59. The van der Waals surface area contributed by atoms with Gasteiger partial charge in [-0.2, -0.15) is 0 Å². The molecule has 24 heavy (non-hydrogen) atoms. The van der Waals surface area contributed by atoms with Crippen LogP contribution in [0.25, 0.3) is 0 Å². The Labute approximate surface area is 141 Å². The second-order valence-electron chi connectivity index (χ2n) is 5.55. The molecular formula is C16H21N3O4S. The average molecular weight is 351 g/mol. The summed E-state index contributed by atoms with van der Waals surface area (Å²) in [7, 11) is -2.01. The fraction of sp³-hybridized carbons (Fsp3) is 0.375. The molecule has 1 aliphatic heterocycles. The third-order valence-electron chi connectivity index (χ3n) is 3.95. The van der Waals surface area contributed by atoms with Crippen LogP contribution >= 0.6 is 0 Å². The van der Waals surface area contributed by atoms with Gasteiger partial charge in [0.15, 0.2) is 0 Å². The highest BCUT2D eigenvalue weighted by Gasteiger charge is 2.32. The van der Waals surface area contributed by atoms with Gasteiger partial charge < -0.3 is 10.2 Å². The summed E-state index contributed by atoms with van der Waals surface area (Å²) in [5, 5.41) is 2.61. The maximum atomic E-state index is 12.6. The molecule has 1 aromatic carbocycles. The first-order valence-corrected chi connectivity index (χ1v) is 9.27. The van der Waals surface area contributed by atoms with E-state index in [2.05, 4.69) is 16.6 Å². The van der Waals surface area contributed by atoms with E-state index in [1.165, 1.54) is 7.05 Å². The van der Waals surface area contributed by atoms with E-state index >= 15 is 0 Å². The molecule has 1 heterocycles. The number of benzene rings is 1. The number of carbonyl (C=O) groups excluding carboxylic acids is 2. The number of likely N-dealkylation sites (tertiary alicyclic amines) is 1. The normalized spacial score (nSPS) is 17.5. The van der Waals surface area contributed by atoms with E-state index in [9.17, 15) is 18.0 Å². The smallest absolute Gasteiger partial charge is 0.254 e. The van der Waals surface area contributed by atoms with Crippen molar-refractivity contribution in [2.75, 3.05) is 24.7 Å². The fourth-order valence-electron chi connectivity index (χ4n) is 2.67. The number of amides is 2. The lowest BCUT2D eigenvalue weighted by Gasteiger charge is -2.24. The van der Waals surface area contributed by atoms with Crippen LogP contribution in [0, 0.1) is 0 Å². The van der Waals surface area contributed by atoms with Crippen molar-refractivity contribution in [3.8, 4) is 0 Å². The van der Waals surface area contributed by atoms with Crippen molar-refractivity contribution in [3.05, 3.63) is 42.5 Å². The van der Waals surface area contributed by atoms with Gasteiger partial charge in [0, 0.05) is 23.8 Å². The Morgan fingerprint density at radius 1 is 1.33 bits per heavy atom. The van der Waals surface area contributed by atoms with Crippen molar-refractivity contribution in [1.82, 2.24) is 9.62 Å². The van der Waals surface area contributed by atoms with E-state index in [-0.39, 0.29) is 23.6 Å². The standard InChI is InChI=1S/C16H21N3O4S/c1-3-15(20)18-13-8-6-12(7-9-13)16(21)19-10-4-5-14(19)11-24(22,23)17-2/h3,6-9,14,17H,1,4-5,10-11H2,2H3,(H,18,20). The van der Waals surface area contributed by atoms with Crippen LogP contribution in [0.15, 0.2) is 36.9 Å². The largest absolute Gasteiger partial charge is 0.335 e. The minimum absolute atomic E-state index is 0.0945. The molecule has 130 valence electrons. The number of carbonyl (C=O) groups is 2. The Morgan fingerprint density at radius 3 is 2.58 bits per heavy atom. The molecule has 1 aliphatic rings. The molecule has 2 N–H and O–H groups in total. The van der Waals surface area contributed by atoms with Gasteiger partial charge in [-0.15, -0.1) is 0 Å². The zero-order valence-electron chi connectivity index (χ0n) is 13.5. The summed E-state index contributed by atoms with van der Waals surface area (Å²) in [6.45, 7) is 3.91. The predicted octanol–water partition coefficient (Wildman–Crippen LogP) is 0.965. The first kappa shape index (κ1) is 18.2. The molecular weight excluding hydrogens is 330 g/mol. The molecule has 1 saturated heterocycles. The summed E-state index contributed by atoms with van der Waals surface area (Å²) in [5.74, 6) is -0.626. The predicted molar refractivity (Wildman–Crippen MR) is 92.2 cm³/mol. The minimum atomic E-state index is -3.38. The van der Waals surface area contributed by atoms with Gasteiger partial charge in [0.25, 0.3) is 5.91 Å². The summed E-state index contributed by atoms with van der Waals surface area (Å²) < 4.78 is 25.8. The third-order valence-corrected chi connectivity index (χ3v) is 5.39. The van der Waals surface area contributed by atoms with Crippen LogP contribution in [0.3, 0.4) is 0 Å². The SMILES string of the molecule is C=CC(=O)Nc1ccc(C(=O)N2CCCC2CS(=O)(=O)NC)cc1.